The van der Waals surface area contributed by atoms with Crippen LogP contribution in [0.2, 0.25) is 0 Å². The molecule has 0 saturated heterocycles. The normalized spacial score (nSPS) is 12.1. The molecule has 1 aliphatic heterocycles. The maximum Gasteiger partial charge on any atom is 0.258 e. The Bertz CT molecular complexity index is 1380. The largest absolute Gasteiger partial charge is 0.342 e. The number of imidazole rings is 1. The first-order valence-electron chi connectivity index (χ1n) is 11.5. The Labute approximate surface area is 210 Å². The third kappa shape index (κ3) is 4.70. The molecule has 2 amide bonds. The number of H-pyrrole nitrogens is 1. The van der Waals surface area contributed by atoms with Crippen molar-refractivity contribution >= 4 is 35.6 Å². The Kier molecular flexibility index (Phi) is 7.03. The standard InChI is InChI=1S/C28H26N4O2.ClH/c1-3-26(33)31-20-14-12-19(13-15-20)21-8-4-5-9-22(21)28(34)32-17-16-24-27(30-18(2)29-24)23-10-6-7-11-25(23)32;/h4-15H,3,16-17H2,1-2H3,(H,29,30)(H,31,33);1H. The molecule has 1 aromatic heterocycles. The fourth-order valence-corrected chi connectivity index (χ4v) is 4.46. The molecule has 0 atom stereocenters. The molecule has 35 heavy (non-hydrogen) atoms. The van der Waals surface area contributed by atoms with Crippen molar-refractivity contribution in [2.75, 3.05) is 16.8 Å². The lowest BCUT2D eigenvalue weighted by atomic mass is 9.98. The predicted molar refractivity (Wildman–Crippen MR) is 142 cm³/mol. The average molecular weight is 487 g/mol. The van der Waals surface area contributed by atoms with E-state index >= 15 is 0 Å². The maximum atomic E-state index is 13.9. The number of aromatic amines is 1. The molecule has 0 saturated carbocycles. The van der Waals surface area contributed by atoms with E-state index in [9.17, 15) is 9.59 Å². The van der Waals surface area contributed by atoms with Gasteiger partial charge in [-0.15, -0.1) is 12.4 Å². The van der Waals surface area contributed by atoms with Gasteiger partial charge in [-0.1, -0.05) is 55.5 Å². The molecule has 2 heterocycles. The molecule has 0 fully saturated rings. The summed E-state index contributed by atoms with van der Waals surface area (Å²) in [5, 5.41) is 2.86. The molecule has 4 aromatic rings. The topological polar surface area (TPSA) is 78.1 Å². The number of carbonyl (C=O) groups is 2. The number of carbonyl (C=O) groups excluding carboxylic acids is 2. The van der Waals surface area contributed by atoms with Crippen LogP contribution in [0.3, 0.4) is 0 Å². The number of fused-ring (bicyclic) bond motifs is 3. The van der Waals surface area contributed by atoms with Crippen molar-refractivity contribution in [1.29, 1.82) is 0 Å². The van der Waals surface area contributed by atoms with Gasteiger partial charge in [0.1, 0.15) is 5.82 Å². The highest BCUT2D eigenvalue weighted by atomic mass is 35.5. The Hall–Kier alpha value is -3.90. The molecule has 5 rings (SSSR count). The molecule has 178 valence electrons. The van der Waals surface area contributed by atoms with E-state index < -0.39 is 0 Å². The monoisotopic (exact) mass is 486 g/mol. The van der Waals surface area contributed by atoms with Gasteiger partial charge in [0.2, 0.25) is 5.91 Å². The van der Waals surface area contributed by atoms with Crippen LogP contribution >= 0.6 is 12.4 Å². The number of hydrogen-bond acceptors (Lipinski definition) is 3. The number of aryl methyl sites for hydroxylation is 1. The summed E-state index contributed by atoms with van der Waals surface area (Å²) in [5.41, 5.74) is 6.99. The van der Waals surface area contributed by atoms with E-state index in [0.29, 0.717) is 24.9 Å². The van der Waals surface area contributed by atoms with Crippen molar-refractivity contribution in [2.24, 2.45) is 0 Å². The van der Waals surface area contributed by atoms with E-state index in [1.54, 1.807) is 0 Å². The Balaban J connectivity index is 0.00000289. The fourth-order valence-electron chi connectivity index (χ4n) is 4.46. The molecule has 7 heteroatoms. The van der Waals surface area contributed by atoms with Crippen LogP contribution in [-0.4, -0.2) is 28.3 Å². The molecule has 0 unspecified atom stereocenters. The SMILES string of the molecule is CCC(=O)Nc1ccc(-c2ccccc2C(=O)N2CCc3nc(C)[nH]c3-c3ccccc32)cc1.Cl. The van der Waals surface area contributed by atoms with Gasteiger partial charge < -0.3 is 15.2 Å². The van der Waals surface area contributed by atoms with E-state index in [1.165, 1.54) is 0 Å². The lowest BCUT2D eigenvalue weighted by Gasteiger charge is -2.24. The van der Waals surface area contributed by atoms with E-state index in [-0.39, 0.29) is 24.2 Å². The highest BCUT2D eigenvalue weighted by Crippen LogP contribution is 2.36. The summed E-state index contributed by atoms with van der Waals surface area (Å²) < 4.78 is 0. The van der Waals surface area contributed by atoms with E-state index in [2.05, 4.69) is 15.3 Å². The molecule has 0 radical (unpaired) electrons. The zero-order valence-corrected chi connectivity index (χ0v) is 20.5. The van der Waals surface area contributed by atoms with Crippen LogP contribution in [0.5, 0.6) is 0 Å². The number of hydrogen-bond donors (Lipinski definition) is 2. The maximum absolute atomic E-state index is 13.9. The van der Waals surface area contributed by atoms with Gasteiger partial charge in [-0.05, 0) is 42.3 Å². The molecule has 0 bridgehead atoms. The predicted octanol–water partition coefficient (Wildman–Crippen LogP) is 6.03. The third-order valence-corrected chi connectivity index (χ3v) is 6.14. The zero-order valence-electron chi connectivity index (χ0n) is 19.7. The number of halogens is 1. The number of aromatic nitrogens is 2. The third-order valence-electron chi connectivity index (χ3n) is 6.14. The van der Waals surface area contributed by atoms with Gasteiger partial charge >= 0.3 is 0 Å². The van der Waals surface area contributed by atoms with Crippen LogP contribution in [0.4, 0.5) is 11.4 Å². The number of amides is 2. The first-order valence-corrected chi connectivity index (χ1v) is 11.5. The van der Waals surface area contributed by atoms with Gasteiger partial charge in [-0.25, -0.2) is 4.98 Å². The first-order chi connectivity index (χ1) is 16.5. The minimum Gasteiger partial charge on any atom is -0.342 e. The second kappa shape index (κ2) is 10.2. The minimum absolute atomic E-state index is 0. The highest BCUT2D eigenvalue weighted by Gasteiger charge is 2.28. The van der Waals surface area contributed by atoms with Crippen LogP contribution in [0.1, 0.15) is 35.2 Å². The van der Waals surface area contributed by atoms with Gasteiger partial charge in [-0.2, -0.15) is 0 Å². The second-order valence-electron chi connectivity index (χ2n) is 8.39. The van der Waals surface area contributed by atoms with Crippen LogP contribution < -0.4 is 10.2 Å². The molecule has 0 spiro atoms. The van der Waals surface area contributed by atoms with Crippen molar-refractivity contribution in [3.63, 3.8) is 0 Å². The van der Waals surface area contributed by atoms with Crippen molar-refractivity contribution in [2.45, 2.75) is 26.7 Å². The Morgan fingerprint density at radius 3 is 2.40 bits per heavy atom. The number of anilines is 2. The summed E-state index contributed by atoms with van der Waals surface area (Å²) in [5.74, 6) is 0.800. The lowest BCUT2D eigenvalue weighted by Crippen LogP contribution is -2.33. The highest BCUT2D eigenvalue weighted by molar-refractivity contribution is 6.12. The van der Waals surface area contributed by atoms with Crippen molar-refractivity contribution in [1.82, 2.24) is 9.97 Å². The molecule has 2 N–H and O–H groups in total. The van der Waals surface area contributed by atoms with E-state index in [1.807, 2.05) is 91.5 Å². The summed E-state index contributed by atoms with van der Waals surface area (Å²) in [6.07, 6.45) is 1.10. The number of benzene rings is 3. The van der Waals surface area contributed by atoms with Crippen LogP contribution in [0.25, 0.3) is 22.4 Å². The van der Waals surface area contributed by atoms with Crippen LogP contribution in [0, 0.1) is 6.92 Å². The molecule has 3 aromatic carbocycles. The van der Waals surface area contributed by atoms with Crippen molar-refractivity contribution < 1.29 is 9.59 Å². The average Bonchev–Trinajstić information content (AvgIpc) is 3.17. The van der Waals surface area contributed by atoms with Crippen molar-refractivity contribution in [3.05, 3.63) is 89.9 Å². The molecule has 1 aliphatic rings. The number of nitrogens with one attached hydrogen (secondary N) is 2. The Morgan fingerprint density at radius 2 is 1.66 bits per heavy atom. The van der Waals surface area contributed by atoms with E-state index in [4.69, 9.17) is 0 Å². The van der Waals surface area contributed by atoms with Crippen LogP contribution in [0.15, 0.2) is 72.8 Å². The summed E-state index contributed by atoms with van der Waals surface area (Å²) in [6.45, 7) is 4.32. The minimum atomic E-state index is -0.0479. The van der Waals surface area contributed by atoms with Gasteiger partial charge in [0.05, 0.1) is 17.1 Å². The van der Waals surface area contributed by atoms with Crippen molar-refractivity contribution in [3.8, 4) is 22.4 Å². The molecular formula is C28H27ClN4O2. The Morgan fingerprint density at radius 1 is 0.971 bits per heavy atom. The van der Waals surface area contributed by atoms with Gasteiger partial charge in [0.25, 0.3) is 5.91 Å². The fraction of sp³-hybridized carbons (Fsp3) is 0.179. The number of nitrogens with zero attached hydrogens (tertiary/aromatic N) is 2. The first kappa shape index (κ1) is 24.2. The molecule has 6 nitrogen and oxygen atoms in total. The molecule has 0 aliphatic carbocycles. The van der Waals surface area contributed by atoms with Gasteiger partial charge in [0.15, 0.2) is 0 Å². The summed E-state index contributed by atoms with van der Waals surface area (Å²) in [6, 6.07) is 23.2. The van der Waals surface area contributed by atoms with Gasteiger partial charge in [-0.3, -0.25) is 9.59 Å². The zero-order chi connectivity index (χ0) is 23.7. The number of rotatable bonds is 4. The summed E-state index contributed by atoms with van der Waals surface area (Å²) >= 11 is 0. The smallest absolute Gasteiger partial charge is 0.258 e. The van der Waals surface area contributed by atoms with Crippen LogP contribution in [-0.2, 0) is 11.2 Å². The summed E-state index contributed by atoms with van der Waals surface area (Å²) in [4.78, 5) is 35.5. The number of para-hydroxylation sites is 1. The summed E-state index contributed by atoms with van der Waals surface area (Å²) in [7, 11) is 0. The quantitative estimate of drug-likeness (QED) is 0.370. The lowest BCUT2D eigenvalue weighted by molar-refractivity contribution is -0.115. The molecular weight excluding hydrogens is 460 g/mol. The van der Waals surface area contributed by atoms with Gasteiger partial charge in [0, 0.05) is 36.2 Å². The second-order valence-corrected chi connectivity index (χ2v) is 8.39. The van der Waals surface area contributed by atoms with E-state index in [0.717, 1.165) is 45.3 Å².